The van der Waals surface area contributed by atoms with Crippen molar-refractivity contribution in [1.82, 2.24) is 0 Å². The Hall–Kier alpha value is -3.11. The number of anilines is 2. The molecular formula is C23H19ClN2O2. The van der Waals surface area contributed by atoms with Gasteiger partial charge in [-0.05, 0) is 60.9 Å². The van der Waals surface area contributed by atoms with E-state index in [0.29, 0.717) is 28.4 Å². The smallest absolute Gasteiger partial charge is 0.258 e. The molecule has 0 aromatic heterocycles. The lowest BCUT2D eigenvalue weighted by atomic mass is 10.0. The number of aryl methyl sites for hydroxylation is 1. The molecule has 5 heteroatoms. The van der Waals surface area contributed by atoms with Crippen molar-refractivity contribution in [3.8, 4) is 0 Å². The molecule has 0 fully saturated rings. The monoisotopic (exact) mass is 390 g/mol. The molecule has 1 aliphatic rings. The van der Waals surface area contributed by atoms with E-state index in [-0.39, 0.29) is 11.8 Å². The number of hydrogen-bond donors (Lipinski definition) is 1. The summed E-state index contributed by atoms with van der Waals surface area (Å²) in [5.41, 5.74) is 3.66. The lowest BCUT2D eigenvalue weighted by Crippen LogP contribution is -2.35. The maximum Gasteiger partial charge on any atom is 0.258 e. The fraction of sp³-hybridized carbons (Fsp3) is 0.130. The number of amides is 2. The van der Waals surface area contributed by atoms with Crippen LogP contribution >= 0.6 is 11.6 Å². The molecule has 0 saturated carbocycles. The third-order valence-corrected chi connectivity index (χ3v) is 5.04. The van der Waals surface area contributed by atoms with Crippen molar-refractivity contribution in [2.75, 3.05) is 16.8 Å². The Morgan fingerprint density at radius 1 is 0.893 bits per heavy atom. The predicted molar refractivity (Wildman–Crippen MR) is 112 cm³/mol. The van der Waals surface area contributed by atoms with Crippen LogP contribution in [0.3, 0.4) is 0 Å². The van der Waals surface area contributed by atoms with Crippen LogP contribution in [0.15, 0.2) is 72.8 Å². The summed E-state index contributed by atoms with van der Waals surface area (Å²) in [5, 5.41) is 3.36. The van der Waals surface area contributed by atoms with E-state index in [4.69, 9.17) is 11.6 Å². The average Bonchev–Trinajstić information content (AvgIpc) is 2.73. The number of para-hydroxylation sites is 1. The number of rotatable bonds is 3. The Morgan fingerprint density at radius 3 is 2.54 bits per heavy atom. The molecule has 1 aliphatic heterocycles. The third kappa shape index (κ3) is 3.78. The molecule has 0 atom stereocenters. The zero-order valence-electron chi connectivity index (χ0n) is 15.2. The Balaban J connectivity index is 1.57. The number of hydrogen-bond acceptors (Lipinski definition) is 2. The van der Waals surface area contributed by atoms with E-state index in [1.165, 1.54) is 5.56 Å². The molecule has 3 aromatic rings. The molecule has 4 rings (SSSR count). The van der Waals surface area contributed by atoms with Gasteiger partial charge >= 0.3 is 0 Å². The minimum atomic E-state index is -0.282. The second kappa shape index (κ2) is 7.87. The predicted octanol–water partition coefficient (Wildman–Crippen LogP) is 5.19. The highest BCUT2D eigenvalue weighted by molar-refractivity contribution is 6.31. The lowest BCUT2D eigenvalue weighted by Gasteiger charge is -2.29. The maximum atomic E-state index is 13.1. The largest absolute Gasteiger partial charge is 0.322 e. The van der Waals surface area contributed by atoms with Crippen molar-refractivity contribution in [3.63, 3.8) is 0 Å². The summed E-state index contributed by atoms with van der Waals surface area (Å²) < 4.78 is 0. The fourth-order valence-electron chi connectivity index (χ4n) is 3.46. The highest BCUT2D eigenvalue weighted by Crippen LogP contribution is 2.28. The van der Waals surface area contributed by atoms with E-state index in [2.05, 4.69) is 11.4 Å². The van der Waals surface area contributed by atoms with Crippen molar-refractivity contribution in [3.05, 3.63) is 94.5 Å². The van der Waals surface area contributed by atoms with E-state index < -0.39 is 0 Å². The molecule has 0 bridgehead atoms. The van der Waals surface area contributed by atoms with Gasteiger partial charge in [0.2, 0.25) is 0 Å². The molecule has 0 unspecified atom stereocenters. The number of carbonyl (C=O) groups excluding carboxylic acids is 2. The van der Waals surface area contributed by atoms with Crippen LogP contribution in [-0.4, -0.2) is 18.4 Å². The minimum absolute atomic E-state index is 0.0930. The van der Waals surface area contributed by atoms with Crippen LogP contribution in [0.25, 0.3) is 0 Å². The van der Waals surface area contributed by atoms with Crippen LogP contribution in [0.5, 0.6) is 0 Å². The minimum Gasteiger partial charge on any atom is -0.322 e. The first kappa shape index (κ1) is 18.3. The van der Waals surface area contributed by atoms with E-state index in [0.717, 1.165) is 18.5 Å². The topological polar surface area (TPSA) is 49.4 Å². The molecule has 3 aromatic carbocycles. The summed E-state index contributed by atoms with van der Waals surface area (Å²) in [4.78, 5) is 27.5. The van der Waals surface area contributed by atoms with E-state index in [1.54, 1.807) is 53.4 Å². The second-order valence-electron chi connectivity index (χ2n) is 6.73. The van der Waals surface area contributed by atoms with Crippen molar-refractivity contribution in [2.24, 2.45) is 0 Å². The summed E-state index contributed by atoms with van der Waals surface area (Å²) >= 11 is 5.97. The van der Waals surface area contributed by atoms with Crippen LogP contribution in [0.1, 0.15) is 32.7 Å². The van der Waals surface area contributed by atoms with Gasteiger partial charge in [-0.15, -0.1) is 0 Å². The van der Waals surface area contributed by atoms with E-state index in [1.807, 2.05) is 18.2 Å². The molecule has 28 heavy (non-hydrogen) atoms. The summed E-state index contributed by atoms with van der Waals surface area (Å²) in [6.07, 6.45) is 1.90. The summed E-state index contributed by atoms with van der Waals surface area (Å²) in [6, 6.07) is 21.7. The van der Waals surface area contributed by atoms with Gasteiger partial charge in [-0.25, -0.2) is 0 Å². The first-order chi connectivity index (χ1) is 13.6. The van der Waals surface area contributed by atoms with Gasteiger partial charge in [-0.3, -0.25) is 9.59 Å². The van der Waals surface area contributed by atoms with Crippen LogP contribution in [0.2, 0.25) is 5.02 Å². The standard InChI is InChI=1S/C23H19ClN2O2/c24-19-10-4-11-20(15-19)25-22(27)17-7-3-8-18(14-17)23(28)26-13-5-9-16-6-1-2-12-21(16)26/h1-4,6-8,10-12,14-15H,5,9,13H2,(H,25,27). The summed E-state index contributed by atoms with van der Waals surface area (Å²) in [5.74, 6) is -0.375. The van der Waals surface area contributed by atoms with Crippen molar-refractivity contribution in [1.29, 1.82) is 0 Å². The van der Waals surface area contributed by atoms with E-state index >= 15 is 0 Å². The van der Waals surface area contributed by atoms with Gasteiger partial charge in [-0.2, -0.15) is 0 Å². The molecule has 0 radical (unpaired) electrons. The maximum absolute atomic E-state index is 13.1. The molecule has 140 valence electrons. The van der Waals surface area contributed by atoms with Crippen LogP contribution in [-0.2, 0) is 6.42 Å². The van der Waals surface area contributed by atoms with Crippen molar-refractivity contribution >= 4 is 34.8 Å². The molecule has 0 aliphatic carbocycles. The number of halogens is 1. The van der Waals surface area contributed by atoms with Gasteiger partial charge in [0.05, 0.1) is 0 Å². The highest BCUT2D eigenvalue weighted by atomic mass is 35.5. The molecule has 2 amide bonds. The lowest BCUT2D eigenvalue weighted by molar-refractivity contribution is 0.0985. The molecule has 4 nitrogen and oxygen atoms in total. The van der Waals surface area contributed by atoms with Gasteiger partial charge in [0.1, 0.15) is 0 Å². The first-order valence-electron chi connectivity index (χ1n) is 9.18. The van der Waals surface area contributed by atoms with Gasteiger partial charge in [-0.1, -0.05) is 41.9 Å². The zero-order valence-corrected chi connectivity index (χ0v) is 15.9. The summed E-state index contributed by atoms with van der Waals surface area (Å²) in [7, 11) is 0. The number of carbonyl (C=O) groups is 2. The van der Waals surface area contributed by atoms with Gasteiger partial charge in [0.25, 0.3) is 11.8 Å². The Morgan fingerprint density at radius 2 is 1.68 bits per heavy atom. The summed E-state index contributed by atoms with van der Waals surface area (Å²) in [6.45, 7) is 0.675. The Labute approximate surface area is 168 Å². The second-order valence-corrected chi connectivity index (χ2v) is 7.17. The Bertz CT molecular complexity index is 1050. The van der Waals surface area contributed by atoms with Gasteiger partial charge < -0.3 is 10.2 Å². The quantitative estimate of drug-likeness (QED) is 0.669. The number of nitrogens with zero attached hydrogens (tertiary/aromatic N) is 1. The van der Waals surface area contributed by atoms with E-state index in [9.17, 15) is 9.59 Å². The van der Waals surface area contributed by atoms with Gasteiger partial charge in [0.15, 0.2) is 0 Å². The molecule has 0 saturated heterocycles. The zero-order chi connectivity index (χ0) is 19.5. The highest BCUT2D eigenvalue weighted by Gasteiger charge is 2.23. The van der Waals surface area contributed by atoms with Crippen LogP contribution in [0.4, 0.5) is 11.4 Å². The van der Waals surface area contributed by atoms with Crippen molar-refractivity contribution < 1.29 is 9.59 Å². The SMILES string of the molecule is O=C(Nc1cccc(Cl)c1)c1cccc(C(=O)N2CCCc3ccccc32)c1. The third-order valence-electron chi connectivity index (χ3n) is 4.81. The number of nitrogens with one attached hydrogen (secondary N) is 1. The number of fused-ring (bicyclic) bond motifs is 1. The molecule has 1 N–H and O–H groups in total. The molecule has 1 heterocycles. The fourth-order valence-corrected chi connectivity index (χ4v) is 3.65. The molecular weight excluding hydrogens is 372 g/mol. The number of benzene rings is 3. The molecule has 0 spiro atoms. The van der Waals surface area contributed by atoms with Crippen molar-refractivity contribution in [2.45, 2.75) is 12.8 Å². The Kier molecular flexibility index (Phi) is 5.13. The van der Waals surface area contributed by atoms with Crippen LogP contribution in [0, 0.1) is 0 Å². The van der Waals surface area contributed by atoms with Gasteiger partial charge in [0, 0.05) is 34.1 Å². The average molecular weight is 391 g/mol. The van der Waals surface area contributed by atoms with Crippen LogP contribution < -0.4 is 10.2 Å². The first-order valence-corrected chi connectivity index (χ1v) is 9.56. The normalized spacial score (nSPS) is 13.0.